The second kappa shape index (κ2) is 9.03. The highest BCUT2D eigenvalue weighted by Gasteiger charge is 2.32. The Morgan fingerprint density at radius 1 is 1.23 bits per heavy atom. The van der Waals surface area contributed by atoms with Crippen molar-refractivity contribution in [2.75, 3.05) is 0 Å². The number of benzene rings is 1. The fourth-order valence-electron chi connectivity index (χ4n) is 3.18. The molecule has 1 aliphatic carbocycles. The molecule has 1 amide bonds. The van der Waals surface area contributed by atoms with E-state index in [0.29, 0.717) is 6.42 Å². The molecule has 0 aliphatic heterocycles. The van der Waals surface area contributed by atoms with Gasteiger partial charge in [0.1, 0.15) is 18.2 Å². The Hall–Kier alpha value is -2.08. The van der Waals surface area contributed by atoms with E-state index in [1.807, 2.05) is 51.1 Å². The number of esters is 1. The van der Waals surface area contributed by atoms with E-state index in [1.165, 1.54) is 0 Å². The fraction of sp³-hybridized carbons (Fsp3) is 0.600. The average Bonchev–Trinajstić information content (AvgIpc) is 2.58. The van der Waals surface area contributed by atoms with E-state index in [2.05, 4.69) is 5.32 Å². The molecule has 0 bridgehead atoms. The zero-order chi connectivity index (χ0) is 19.2. The number of amides is 1. The molecular weight excluding hydrogens is 332 g/mol. The molecule has 1 aliphatic rings. The van der Waals surface area contributed by atoms with Crippen LogP contribution in [0.4, 0.5) is 4.79 Å². The lowest BCUT2D eigenvalue weighted by atomic mass is 9.81. The standard InChI is InChI=1S/C20H30N2O4/c1-20(2,3)26-19(24)22-16-11-7-10-15(12-16)17(21)18(23)25-13-14-8-5-4-6-9-14/h4-6,8-9,15-17H,7,10-13,21H2,1-3H3,(H,22,24). The van der Waals surface area contributed by atoms with Crippen LogP contribution in [0.25, 0.3) is 0 Å². The van der Waals surface area contributed by atoms with Crippen LogP contribution in [0.15, 0.2) is 30.3 Å². The summed E-state index contributed by atoms with van der Waals surface area (Å²) in [6.07, 6.45) is 2.85. The van der Waals surface area contributed by atoms with Gasteiger partial charge >= 0.3 is 12.1 Å². The van der Waals surface area contributed by atoms with Gasteiger partial charge in [-0.1, -0.05) is 36.8 Å². The summed E-state index contributed by atoms with van der Waals surface area (Å²) in [6, 6.07) is 8.81. The average molecular weight is 362 g/mol. The predicted molar refractivity (Wildman–Crippen MR) is 99.3 cm³/mol. The van der Waals surface area contributed by atoms with Crippen molar-refractivity contribution in [2.24, 2.45) is 11.7 Å². The van der Waals surface area contributed by atoms with Gasteiger partial charge < -0.3 is 20.5 Å². The maximum atomic E-state index is 12.3. The Morgan fingerprint density at radius 2 is 1.92 bits per heavy atom. The minimum absolute atomic E-state index is 0.00744. The normalized spacial score (nSPS) is 21.5. The third-order valence-electron chi connectivity index (χ3n) is 4.44. The summed E-state index contributed by atoms with van der Waals surface area (Å²) < 4.78 is 10.6. The number of carbonyl (C=O) groups excluding carboxylic acids is 2. The summed E-state index contributed by atoms with van der Waals surface area (Å²) in [5.74, 6) is -0.399. The van der Waals surface area contributed by atoms with Crippen LogP contribution in [-0.4, -0.2) is 29.7 Å². The van der Waals surface area contributed by atoms with E-state index in [1.54, 1.807) is 0 Å². The molecule has 6 nitrogen and oxygen atoms in total. The minimum Gasteiger partial charge on any atom is -0.460 e. The highest BCUT2D eigenvalue weighted by molar-refractivity contribution is 5.76. The van der Waals surface area contributed by atoms with Crippen molar-refractivity contribution in [3.8, 4) is 0 Å². The highest BCUT2D eigenvalue weighted by Crippen LogP contribution is 2.27. The number of nitrogens with one attached hydrogen (secondary N) is 1. The first-order valence-electron chi connectivity index (χ1n) is 9.20. The second-order valence-corrected chi connectivity index (χ2v) is 7.89. The van der Waals surface area contributed by atoms with Crippen molar-refractivity contribution in [3.05, 3.63) is 35.9 Å². The predicted octanol–water partition coefficient (Wildman–Crippen LogP) is 3.14. The van der Waals surface area contributed by atoms with Gasteiger partial charge in [0.2, 0.25) is 0 Å². The van der Waals surface area contributed by atoms with Crippen molar-refractivity contribution in [1.82, 2.24) is 5.32 Å². The Labute approximate surface area is 155 Å². The number of nitrogens with two attached hydrogens (primary N) is 1. The molecule has 144 valence electrons. The van der Waals surface area contributed by atoms with Crippen LogP contribution in [0.5, 0.6) is 0 Å². The minimum atomic E-state index is -0.679. The van der Waals surface area contributed by atoms with E-state index in [0.717, 1.165) is 24.8 Å². The molecule has 0 aromatic heterocycles. The molecule has 1 saturated carbocycles. The molecule has 0 heterocycles. The van der Waals surface area contributed by atoms with Gasteiger partial charge in [-0.2, -0.15) is 0 Å². The number of ether oxygens (including phenoxy) is 2. The molecule has 0 radical (unpaired) electrons. The topological polar surface area (TPSA) is 90.6 Å². The van der Waals surface area contributed by atoms with Gasteiger partial charge in [0.25, 0.3) is 0 Å². The number of hydrogen-bond donors (Lipinski definition) is 2. The smallest absolute Gasteiger partial charge is 0.407 e. The van der Waals surface area contributed by atoms with Gasteiger partial charge in [-0.05, 0) is 51.5 Å². The lowest BCUT2D eigenvalue weighted by Gasteiger charge is -2.32. The highest BCUT2D eigenvalue weighted by atomic mass is 16.6. The van der Waals surface area contributed by atoms with Gasteiger partial charge in [0.05, 0.1) is 0 Å². The van der Waals surface area contributed by atoms with Crippen LogP contribution >= 0.6 is 0 Å². The van der Waals surface area contributed by atoms with Crippen LogP contribution in [-0.2, 0) is 20.9 Å². The van der Waals surface area contributed by atoms with Crippen LogP contribution in [0.2, 0.25) is 0 Å². The van der Waals surface area contributed by atoms with Crippen LogP contribution in [0, 0.1) is 5.92 Å². The Morgan fingerprint density at radius 3 is 2.58 bits per heavy atom. The van der Waals surface area contributed by atoms with Crippen molar-refractivity contribution in [2.45, 2.75) is 70.7 Å². The van der Waals surface area contributed by atoms with Gasteiger partial charge in [-0.25, -0.2) is 4.79 Å². The third kappa shape index (κ3) is 6.67. The summed E-state index contributed by atoms with van der Waals surface area (Å²) >= 11 is 0. The van der Waals surface area contributed by atoms with E-state index in [4.69, 9.17) is 15.2 Å². The Bertz CT molecular complexity index is 598. The van der Waals surface area contributed by atoms with Crippen LogP contribution < -0.4 is 11.1 Å². The zero-order valence-corrected chi connectivity index (χ0v) is 15.9. The molecule has 1 aromatic carbocycles. The maximum Gasteiger partial charge on any atom is 0.407 e. The molecule has 3 N–H and O–H groups in total. The first-order chi connectivity index (χ1) is 12.2. The maximum absolute atomic E-state index is 12.3. The number of carbonyl (C=O) groups is 2. The van der Waals surface area contributed by atoms with Crippen LogP contribution in [0.1, 0.15) is 52.0 Å². The molecule has 1 aromatic rings. The van der Waals surface area contributed by atoms with Gasteiger partial charge in [0, 0.05) is 6.04 Å². The Kier molecular flexibility index (Phi) is 7.03. The van der Waals surface area contributed by atoms with Crippen molar-refractivity contribution >= 4 is 12.1 Å². The SMILES string of the molecule is CC(C)(C)OC(=O)NC1CCCC(C(N)C(=O)OCc2ccccc2)C1. The van der Waals surface area contributed by atoms with Gasteiger partial charge in [-0.15, -0.1) is 0 Å². The zero-order valence-electron chi connectivity index (χ0n) is 15.9. The first-order valence-corrected chi connectivity index (χ1v) is 9.20. The van der Waals surface area contributed by atoms with Gasteiger partial charge in [-0.3, -0.25) is 4.79 Å². The molecule has 3 unspecified atom stereocenters. The van der Waals surface area contributed by atoms with Crippen molar-refractivity contribution in [1.29, 1.82) is 0 Å². The second-order valence-electron chi connectivity index (χ2n) is 7.89. The molecule has 3 atom stereocenters. The fourth-order valence-corrected chi connectivity index (χ4v) is 3.18. The lowest BCUT2D eigenvalue weighted by Crippen LogP contribution is -2.47. The van der Waals surface area contributed by atoms with Crippen LogP contribution in [0.3, 0.4) is 0 Å². The lowest BCUT2D eigenvalue weighted by molar-refractivity contribution is -0.148. The molecule has 26 heavy (non-hydrogen) atoms. The summed E-state index contributed by atoms with van der Waals surface area (Å²) in [4.78, 5) is 24.2. The molecular formula is C20H30N2O4. The monoisotopic (exact) mass is 362 g/mol. The molecule has 0 saturated heterocycles. The number of hydrogen-bond acceptors (Lipinski definition) is 5. The summed E-state index contributed by atoms with van der Waals surface area (Å²) in [7, 11) is 0. The third-order valence-corrected chi connectivity index (χ3v) is 4.44. The quantitative estimate of drug-likeness (QED) is 0.785. The Balaban J connectivity index is 1.81. The van der Waals surface area contributed by atoms with E-state index in [9.17, 15) is 9.59 Å². The summed E-state index contributed by atoms with van der Waals surface area (Å²) in [5.41, 5.74) is 6.53. The summed E-state index contributed by atoms with van der Waals surface area (Å²) in [6.45, 7) is 5.71. The number of rotatable bonds is 5. The summed E-state index contributed by atoms with van der Waals surface area (Å²) in [5, 5.41) is 2.89. The number of alkyl carbamates (subject to hydrolysis) is 1. The molecule has 1 fully saturated rings. The van der Waals surface area contributed by atoms with Crippen molar-refractivity contribution in [3.63, 3.8) is 0 Å². The molecule has 6 heteroatoms. The molecule has 0 spiro atoms. The first kappa shape index (κ1) is 20.2. The molecule has 2 rings (SSSR count). The van der Waals surface area contributed by atoms with Crippen molar-refractivity contribution < 1.29 is 19.1 Å². The van der Waals surface area contributed by atoms with E-state index in [-0.39, 0.29) is 18.6 Å². The van der Waals surface area contributed by atoms with Gasteiger partial charge in [0.15, 0.2) is 0 Å². The van der Waals surface area contributed by atoms with E-state index >= 15 is 0 Å². The largest absolute Gasteiger partial charge is 0.460 e. The van der Waals surface area contributed by atoms with E-state index < -0.39 is 23.7 Å².